The monoisotopic (exact) mass is 512 g/mol. The molecule has 8 nitrogen and oxygen atoms in total. The van der Waals surface area contributed by atoms with Crippen LogP contribution in [0.3, 0.4) is 0 Å². The fourth-order valence-electron chi connectivity index (χ4n) is 4.57. The summed E-state index contributed by atoms with van der Waals surface area (Å²) >= 11 is 0. The zero-order valence-electron chi connectivity index (χ0n) is 20.9. The van der Waals surface area contributed by atoms with E-state index in [4.69, 9.17) is 4.74 Å². The van der Waals surface area contributed by atoms with Gasteiger partial charge in [0.05, 0.1) is 30.4 Å². The molecule has 2 amide bonds. The van der Waals surface area contributed by atoms with Crippen LogP contribution in [0.2, 0.25) is 0 Å². The van der Waals surface area contributed by atoms with Crippen molar-refractivity contribution in [1.82, 2.24) is 14.9 Å². The summed E-state index contributed by atoms with van der Waals surface area (Å²) in [4.78, 5) is 46.8. The van der Waals surface area contributed by atoms with Gasteiger partial charge in [0.15, 0.2) is 0 Å². The minimum absolute atomic E-state index is 0.0891. The number of hydrogen-bond donors (Lipinski definition) is 2. The van der Waals surface area contributed by atoms with Crippen LogP contribution in [0.25, 0.3) is 22.4 Å². The third kappa shape index (κ3) is 4.90. The fraction of sp³-hybridized carbons (Fsp3) is 0.172. The van der Waals surface area contributed by atoms with Crippen LogP contribution in [0, 0.1) is 5.82 Å². The molecule has 1 aliphatic rings. The number of halogens is 1. The Bertz CT molecular complexity index is 1530. The number of methoxy groups -OCH3 is 1. The molecule has 5 rings (SSSR count). The third-order valence-corrected chi connectivity index (χ3v) is 6.52. The lowest BCUT2D eigenvalue weighted by molar-refractivity contribution is -0.115. The highest BCUT2D eigenvalue weighted by atomic mass is 19.1. The van der Waals surface area contributed by atoms with E-state index in [9.17, 15) is 18.8 Å². The second-order valence-corrected chi connectivity index (χ2v) is 9.06. The summed E-state index contributed by atoms with van der Waals surface area (Å²) in [5, 5.41) is 2.81. The highest BCUT2D eigenvalue weighted by Gasteiger charge is 2.30. The van der Waals surface area contributed by atoms with Crippen LogP contribution in [0.15, 0.2) is 66.9 Å². The highest BCUT2D eigenvalue weighted by Crippen LogP contribution is 2.39. The number of anilines is 1. The van der Waals surface area contributed by atoms with Crippen LogP contribution in [0.4, 0.5) is 10.2 Å². The van der Waals surface area contributed by atoms with E-state index in [0.717, 1.165) is 16.8 Å². The number of esters is 1. The maximum Gasteiger partial charge on any atom is 0.337 e. The van der Waals surface area contributed by atoms with Crippen LogP contribution in [0.5, 0.6) is 0 Å². The Hall–Kier alpha value is -4.79. The van der Waals surface area contributed by atoms with E-state index >= 15 is 0 Å². The van der Waals surface area contributed by atoms with Gasteiger partial charge in [-0.05, 0) is 47.5 Å². The van der Waals surface area contributed by atoms with E-state index in [0.29, 0.717) is 46.7 Å². The average molecular weight is 513 g/mol. The van der Waals surface area contributed by atoms with Gasteiger partial charge in [0.2, 0.25) is 5.91 Å². The van der Waals surface area contributed by atoms with E-state index in [2.05, 4.69) is 15.3 Å². The van der Waals surface area contributed by atoms with Crippen LogP contribution in [-0.4, -0.2) is 53.4 Å². The van der Waals surface area contributed by atoms with Gasteiger partial charge in [0, 0.05) is 43.0 Å². The Balaban J connectivity index is 1.44. The van der Waals surface area contributed by atoms with Crippen LogP contribution in [0.1, 0.15) is 32.0 Å². The normalized spacial score (nSPS) is 12.7. The van der Waals surface area contributed by atoms with Crippen molar-refractivity contribution in [3.63, 3.8) is 0 Å². The SMILES string of the molecule is COC(=O)c1ccc(CC(=O)Nc2cc(-c3[nH]c4c(c3-c3ccc(F)cc3)C(=O)N(C)CC4)ccn2)cc1. The Morgan fingerprint density at radius 2 is 1.79 bits per heavy atom. The number of rotatable bonds is 6. The standard InChI is InChI=1S/C29H25FN4O4/c1-34-14-12-22-26(28(34)36)25(18-7-9-21(30)10-8-18)27(32-22)20-11-13-31-23(16-20)33-24(35)15-17-3-5-19(6-4-17)29(37)38-2/h3-11,13,16,32H,12,14-15H2,1-2H3,(H,31,33,35). The van der Waals surface area contributed by atoms with Gasteiger partial charge in [-0.2, -0.15) is 0 Å². The Morgan fingerprint density at radius 3 is 2.50 bits per heavy atom. The number of pyridine rings is 1. The molecule has 0 radical (unpaired) electrons. The van der Waals surface area contributed by atoms with Gasteiger partial charge in [-0.3, -0.25) is 9.59 Å². The molecule has 0 fully saturated rings. The molecule has 0 bridgehead atoms. The molecule has 0 atom stereocenters. The summed E-state index contributed by atoms with van der Waals surface area (Å²) in [7, 11) is 3.07. The summed E-state index contributed by atoms with van der Waals surface area (Å²) in [6.07, 6.45) is 2.33. The van der Waals surface area contributed by atoms with E-state index in [1.54, 1.807) is 66.7 Å². The maximum atomic E-state index is 13.7. The molecule has 0 spiro atoms. The van der Waals surface area contributed by atoms with Crippen molar-refractivity contribution >= 4 is 23.6 Å². The number of aromatic amines is 1. The Kier molecular flexibility index (Phi) is 6.74. The predicted molar refractivity (Wildman–Crippen MR) is 140 cm³/mol. The molecule has 2 N–H and O–H groups in total. The number of nitrogens with zero attached hydrogens (tertiary/aromatic N) is 2. The molecule has 2 aromatic carbocycles. The maximum absolute atomic E-state index is 13.7. The van der Waals surface area contributed by atoms with Gasteiger partial charge in [-0.1, -0.05) is 24.3 Å². The number of carbonyl (C=O) groups is 3. The number of amides is 2. The van der Waals surface area contributed by atoms with Crippen molar-refractivity contribution in [2.75, 3.05) is 26.0 Å². The van der Waals surface area contributed by atoms with E-state index in [-0.39, 0.29) is 24.1 Å². The van der Waals surface area contributed by atoms with E-state index in [1.807, 2.05) is 0 Å². The largest absolute Gasteiger partial charge is 0.465 e. The van der Waals surface area contributed by atoms with E-state index in [1.165, 1.54) is 19.2 Å². The number of aromatic nitrogens is 2. The molecule has 4 aromatic rings. The van der Waals surface area contributed by atoms with E-state index < -0.39 is 5.97 Å². The Morgan fingerprint density at radius 1 is 1.05 bits per heavy atom. The second-order valence-electron chi connectivity index (χ2n) is 9.06. The van der Waals surface area contributed by atoms with Gasteiger partial charge in [0.1, 0.15) is 11.6 Å². The zero-order chi connectivity index (χ0) is 26.8. The van der Waals surface area contributed by atoms with Crippen LogP contribution < -0.4 is 5.32 Å². The number of nitrogens with one attached hydrogen (secondary N) is 2. The molecule has 38 heavy (non-hydrogen) atoms. The molecule has 3 heterocycles. The number of likely N-dealkylation sites (N-methyl/N-ethyl adjacent to an activating group) is 1. The lowest BCUT2D eigenvalue weighted by atomic mass is 9.94. The molecule has 0 aliphatic carbocycles. The average Bonchev–Trinajstić information content (AvgIpc) is 3.32. The molecule has 0 saturated carbocycles. The molecule has 192 valence electrons. The fourth-order valence-corrected chi connectivity index (χ4v) is 4.57. The van der Waals surface area contributed by atoms with Gasteiger partial charge >= 0.3 is 5.97 Å². The number of fused-ring (bicyclic) bond motifs is 1. The molecule has 0 unspecified atom stereocenters. The first-order chi connectivity index (χ1) is 18.3. The Labute approximate surface area is 218 Å². The van der Waals surface area contributed by atoms with Crippen LogP contribution in [-0.2, 0) is 22.4 Å². The molecular weight excluding hydrogens is 487 g/mol. The molecule has 9 heteroatoms. The van der Waals surface area contributed by atoms with Crippen molar-refractivity contribution in [2.45, 2.75) is 12.8 Å². The lowest BCUT2D eigenvalue weighted by Crippen LogP contribution is -2.34. The minimum Gasteiger partial charge on any atom is -0.465 e. The van der Waals surface area contributed by atoms with Gasteiger partial charge < -0.3 is 19.9 Å². The topological polar surface area (TPSA) is 104 Å². The molecule has 2 aromatic heterocycles. The quantitative estimate of drug-likeness (QED) is 0.371. The zero-order valence-corrected chi connectivity index (χ0v) is 20.9. The minimum atomic E-state index is -0.443. The molecule has 0 saturated heterocycles. The first-order valence-corrected chi connectivity index (χ1v) is 12.0. The summed E-state index contributed by atoms with van der Waals surface area (Å²) in [5.41, 5.74) is 5.33. The molecule has 1 aliphatic heterocycles. The van der Waals surface area contributed by atoms with Gasteiger partial charge in [-0.15, -0.1) is 0 Å². The summed E-state index contributed by atoms with van der Waals surface area (Å²) in [6.45, 7) is 0.590. The van der Waals surface area contributed by atoms with Crippen molar-refractivity contribution in [1.29, 1.82) is 0 Å². The third-order valence-electron chi connectivity index (χ3n) is 6.52. The summed E-state index contributed by atoms with van der Waals surface area (Å²) in [5.74, 6) is -0.839. The second kappa shape index (κ2) is 10.3. The van der Waals surface area contributed by atoms with Gasteiger partial charge in [-0.25, -0.2) is 14.2 Å². The number of benzene rings is 2. The highest BCUT2D eigenvalue weighted by molar-refractivity contribution is 6.06. The first-order valence-electron chi connectivity index (χ1n) is 12.0. The number of hydrogen-bond acceptors (Lipinski definition) is 5. The number of carbonyl (C=O) groups excluding carboxylic acids is 3. The smallest absolute Gasteiger partial charge is 0.337 e. The first kappa shape index (κ1) is 24.9. The number of H-pyrrole nitrogens is 1. The summed E-state index contributed by atoms with van der Waals surface area (Å²) in [6, 6.07) is 16.2. The predicted octanol–water partition coefficient (Wildman–Crippen LogP) is 4.48. The van der Waals surface area contributed by atoms with Crippen molar-refractivity contribution < 1.29 is 23.5 Å². The van der Waals surface area contributed by atoms with Crippen molar-refractivity contribution in [3.8, 4) is 22.4 Å². The van der Waals surface area contributed by atoms with Crippen molar-refractivity contribution in [2.24, 2.45) is 0 Å². The lowest BCUT2D eigenvalue weighted by Gasteiger charge is -2.23. The summed E-state index contributed by atoms with van der Waals surface area (Å²) < 4.78 is 18.4. The van der Waals surface area contributed by atoms with Crippen LogP contribution >= 0.6 is 0 Å². The van der Waals surface area contributed by atoms with Gasteiger partial charge in [0.25, 0.3) is 5.91 Å². The van der Waals surface area contributed by atoms with Crippen molar-refractivity contribution in [3.05, 3.63) is 95.1 Å². The molecular formula is C29H25FN4O4. The number of ether oxygens (including phenoxy) is 1.